The highest BCUT2D eigenvalue weighted by atomic mass is 16.5. The number of hydrogen-bond donors (Lipinski definition) is 0. The van der Waals surface area contributed by atoms with Gasteiger partial charge in [0.25, 0.3) is 11.8 Å². The Hall–Kier alpha value is -3.22. The van der Waals surface area contributed by atoms with Gasteiger partial charge in [0.2, 0.25) is 0 Å². The van der Waals surface area contributed by atoms with E-state index in [0.717, 1.165) is 0 Å². The van der Waals surface area contributed by atoms with Crippen LogP contribution in [0.5, 0.6) is 5.75 Å². The Morgan fingerprint density at radius 3 is 2.33 bits per heavy atom. The summed E-state index contributed by atoms with van der Waals surface area (Å²) in [5.41, 5.74) is 0.865. The fourth-order valence-electron chi connectivity index (χ4n) is 3.02. The number of benzene rings is 1. The molecule has 1 aliphatic rings. The van der Waals surface area contributed by atoms with Crippen LogP contribution >= 0.6 is 0 Å². The first kappa shape index (κ1) is 18.6. The van der Waals surface area contributed by atoms with Crippen LogP contribution in [-0.4, -0.2) is 58.7 Å². The van der Waals surface area contributed by atoms with E-state index < -0.39 is 5.97 Å². The van der Waals surface area contributed by atoms with Crippen molar-refractivity contribution in [2.75, 3.05) is 26.2 Å². The Morgan fingerprint density at radius 2 is 1.67 bits per heavy atom. The second-order valence-electron chi connectivity index (χ2n) is 6.27. The second kappa shape index (κ2) is 8.44. The molecule has 7 nitrogen and oxygen atoms in total. The zero-order valence-electron chi connectivity index (χ0n) is 15.1. The van der Waals surface area contributed by atoms with Gasteiger partial charge < -0.3 is 14.5 Å². The lowest BCUT2D eigenvalue weighted by molar-refractivity contribution is -0.131. The van der Waals surface area contributed by atoms with E-state index in [1.54, 1.807) is 58.5 Å². The molecule has 0 saturated carbocycles. The van der Waals surface area contributed by atoms with E-state index in [1.165, 1.54) is 6.92 Å². The molecule has 2 heterocycles. The van der Waals surface area contributed by atoms with Crippen molar-refractivity contribution in [2.24, 2.45) is 0 Å². The van der Waals surface area contributed by atoms with Crippen LogP contribution in [0.1, 0.15) is 34.2 Å². The third kappa shape index (κ3) is 4.69. The predicted octanol–water partition coefficient (Wildman–Crippen LogP) is 2.00. The lowest BCUT2D eigenvalue weighted by Gasteiger charge is -2.22. The lowest BCUT2D eigenvalue weighted by atomic mass is 10.2. The van der Waals surface area contributed by atoms with Crippen molar-refractivity contribution in [3.8, 4) is 5.75 Å². The van der Waals surface area contributed by atoms with Crippen LogP contribution < -0.4 is 4.74 Å². The van der Waals surface area contributed by atoms with Crippen LogP contribution in [0.2, 0.25) is 0 Å². The molecular formula is C20H21N3O4. The van der Waals surface area contributed by atoms with E-state index >= 15 is 0 Å². The van der Waals surface area contributed by atoms with Gasteiger partial charge in [-0.05, 0) is 36.8 Å². The van der Waals surface area contributed by atoms with Crippen molar-refractivity contribution in [1.29, 1.82) is 0 Å². The van der Waals surface area contributed by atoms with Crippen LogP contribution in [-0.2, 0) is 4.79 Å². The molecule has 1 saturated heterocycles. The highest BCUT2D eigenvalue weighted by molar-refractivity contribution is 5.95. The summed E-state index contributed by atoms with van der Waals surface area (Å²) in [5.74, 6) is -0.355. The van der Waals surface area contributed by atoms with E-state index in [2.05, 4.69) is 4.98 Å². The SMILES string of the molecule is CC(=O)Oc1cccc(C(=O)N2CCCN(C(=O)c3ccccn3)CC2)c1. The fourth-order valence-corrected chi connectivity index (χ4v) is 3.02. The van der Waals surface area contributed by atoms with Gasteiger partial charge in [-0.2, -0.15) is 0 Å². The zero-order valence-corrected chi connectivity index (χ0v) is 15.1. The monoisotopic (exact) mass is 367 g/mol. The second-order valence-corrected chi connectivity index (χ2v) is 6.27. The number of esters is 1. The summed E-state index contributed by atoms with van der Waals surface area (Å²) < 4.78 is 5.05. The topological polar surface area (TPSA) is 79.8 Å². The van der Waals surface area contributed by atoms with Gasteiger partial charge in [0, 0.05) is 44.9 Å². The number of ether oxygens (including phenoxy) is 1. The summed E-state index contributed by atoms with van der Waals surface area (Å²) in [4.78, 5) is 44.0. The number of rotatable bonds is 3. The van der Waals surface area contributed by atoms with Gasteiger partial charge in [-0.15, -0.1) is 0 Å². The van der Waals surface area contributed by atoms with Gasteiger partial charge in [0.15, 0.2) is 0 Å². The average molecular weight is 367 g/mol. The molecule has 0 radical (unpaired) electrons. The molecule has 0 spiro atoms. The molecule has 2 aromatic rings. The molecule has 3 rings (SSSR count). The molecular weight excluding hydrogens is 346 g/mol. The van der Waals surface area contributed by atoms with Crippen molar-refractivity contribution >= 4 is 17.8 Å². The summed E-state index contributed by atoms with van der Waals surface area (Å²) in [6, 6.07) is 11.8. The third-order valence-corrected chi connectivity index (χ3v) is 4.30. The standard InChI is InChI=1S/C20H21N3O4/c1-15(24)27-17-7-4-6-16(14-17)19(25)22-10-5-11-23(13-12-22)20(26)18-8-2-3-9-21-18/h2-4,6-9,14H,5,10-13H2,1H3. The number of carbonyl (C=O) groups excluding carboxylic acids is 3. The van der Waals surface area contributed by atoms with Crippen LogP contribution in [0.25, 0.3) is 0 Å². The normalized spacial score (nSPS) is 14.4. The number of pyridine rings is 1. The minimum absolute atomic E-state index is 0.123. The molecule has 27 heavy (non-hydrogen) atoms. The number of amides is 2. The van der Waals surface area contributed by atoms with Crippen LogP contribution in [0.4, 0.5) is 0 Å². The molecule has 1 fully saturated rings. The quantitative estimate of drug-likeness (QED) is 0.612. The first-order chi connectivity index (χ1) is 13.0. The van der Waals surface area contributed by atoms with Crippen molar-refractivity contribution < 1.29 is 19.1 Å². The van der Waals surface area contributed by atoms with Crippen LogP contribution in [0.15, 0.2) is 48.7 Å². The highest BCUT2D eigenvalue weighted by Crippen LogP contribution is 2.17. The molecule has 1 aromatic heterocycles. The summed E-state index contributed by atoms with van der Waals surface area (Å²) >= 11 is 0. The maximum atomic E-state index is 12.8. The number of carbonyl (C=O) groups is 3. The maximum absolute atomic E-state index is 12.8. The zero-order chi connectivity index (χ0) is 19.2. The van der Waals surface area contributed by atoms with Gasteiger partial charge in [-0.3, -0.25) is 19.4 Å². The summed E-state index contributed by atoms with van der Waals surface area (Å²) in [6.07, 6.45) is 2.28. The van der Waals surface area contributed by atoms with Crippen molar-refractivity contribution in [3.05, 3.63) is 59.9 Å². The predicted molar refractivity (Wildman–Crippen MR) is 98.4 cm³/mol. The Labute approximate surface area is 157 Å². The summed E-state index contributed by atoms with van der Waals surface area (Å²) in [6.45, 7) is 3.34. The van der Waals surface area contributed by atoms with Crippen LogP contribution in [0.3, 0.4) is 0 Å². The molecule has 1 aliphatic heterocycles. The Morgan fingerprint density at radius 1 is 0.926 bits per heavy atom. The first-order valence-electron chi connectivity index (χ1n) is 8.82. The summed E-state index contributed by atoms with van der Waals surface area (Å²) in [7, 11) is 0. The smallest absolute Gasteiger partial charge is 0.308 e. The van der Waals surface area contributed by atoms with Gasteiger partial charge >= 0.3 is 5.97 Å². The first-order valence-corrected chi connectivity index (χ1v) is 8.82. The van der Waals surface area contributed by atoms with Crippen molar-refractivity contribution in [1.82, 2.24) is 14.8 Å². The highest BCUT2D eigenvalue weighted by Gasteiger charge is 2.24. The van der Waals surface area contributed by atoms with E-state index in [4.69, 9.17) is 4.74 Å². The number of aromatic nitrogens is 1. The molecule has 2 amide bonds. The minimum atomic E-state index is -0.432. The largest absolute Gasteiger partial charge is 0.427 e. The maximum Gasteiger partial charge on any atom is 0.308 e. The van der Waals surface area contributed by atoms with Gasteiger partial charge in [-0.1, -0.05) is 12.1 Å². The van der Waals surface area contributed by atoms with E-state index in [-0.39, 0.29) is 11.8 Å². The molecule has 7 heteroatoms. The minimum Gasteiger partial charge on any atom is -0.427 e. The van der Waals surface area contributed by atoms with Crippen molar-refractivity contribution in [2.45, 2.75) is 13.3 Å². The Bertz CT molecular complexity index is 838. The summed E-state index contributed by atoms with van der Waals surface area (Å²) in [5, 5.41) is 0. The molecule has 1 aromatic carbocycles. The molecule has 140 valence electrons. The average Bonchev–Trinajstić information content (AvgIpc) is 2.93. The van der Waals surface area contributed by atoms with E-state index in [9.17, 15) is 14.4 Å². The molecule has 0 bridgehead atoms. The molecule has 0 aliphatic carbocycles. The van der Waals surface area contributed by atoms with Gasteiger partial charge in [-0.25, -0.2) is 0 Å². The molecule has 0 unspecified atom stereocenters. The van der Waals surface area contributed by atoms with Crippen molar-refractivity contribution in [3.63, 3.8) is 0 Å². The molecule has 0 atom stereocenters. The Kier molecular flexibility index (Phi) is 5.80. The van der Waals surface area contributed by atoms with Crippen LogP contribution in [0, 0.1) is 0 Å². The number of hydrogen-bond acceptors (Lipinski definition) is 5. The molecule has 0 N–H and O–H groups in total. The fraction of sp³-hybridized carbons (Fsp3) is 0.300. The third-order valence-electron chi connectivity index (χ3n) is 4.30. The van der Waals surface area contributed by atoms with Gasteiger partial charge in [0.1, 0.15) is 11.4 Å². The lowest BCUT2D eigenvalue weighted by Crippen LogP contribution is -2.37. The number of nitrogens with zero attached hydrogens (tertiary/aromatic N) is 3. The van der Waals surface area contributed by atoms with Gasteiger partial charge in [0.05, 0.1) is 0 Å². The van der Waals surface area contributed by atoms with E-state index in [1.807, 2.05) is 0 Å². The Balaban J connectivity index is 1.66. The van der Waals surface area contributed by atoms with E-state index in [0.29, 0.717) is 49.6 Å².